The largest absolute Gasteiger partial charge is 0.316 e. The molecular formula is C13H24N2. The lowest BCUT2D eigenvalue weighted by molar-refractivity contribution is 0.172. The van der Waals surface area contributed by atoms with Crippen LogP contribution in [-0.2, 0) is 0 Å². The summed E-state index contributed by atoms with van der Waals surface area (Å²) in [6.45, 7) is 7.73. The molecule has 0 aromatic carbocycles. The number of fused-ring (bicyclic) bond motifs is 1. The van der Waals surface area contributed by atoms with E-state index in [2.05, 4.69) is 17.1 Å². The van der Waals surface area contributed by atoms with Gasteiger partial charge in [-0.25, -0.2) is 0 Å². The van der Waals surface area contributed by atoms with Crippen molar-refractivity contribution < 1.29 is 0 Å². The average Bonchev–Trinajstić information content (AvgIpc) is 2.69. The molecule has 3 rings (SSSR count). The van der Waals surface area contributed by atoms with Crippen LogP contribution in [0.2, 0.25) is 0 Å². The van der Waals surface area contributed by atoms with Crippen LogP contribution in [-0.4, -0.2) is 37.1 Å². The van der Waals surface area contributed by atoms with Crippen LogP contribution < -0.4 is 5.32 Å². The van der Waals surface area contributed by atoms with Gasteiger partial charge in [-0.15, -0.1) is 0 Å². The fraction of sp³-hybridized carbons (Fsp3) is 1.00. The number of hydrogen-bond donors (Lipinski definition) is 1. The van der Waals surface area contributed by atoms with Crippen LogP contribution in [0.5, 0.6) is 0 Å². The third kappa shape index (κ3) is 1.94. The molecule has 0 bridgehead atoms. The fourth-order valence-electron chi connectivity index (χ4n) is 3.61. The topological polar surface area (TPSA) is 15.3 Å². The highest BCUT2D eigenvalue weighted by atomic mass is 15.2. The Morgan fingerprint density at radius 3 is 2.40 bits per heavy atom. The Bertz CT molecular complexity index is 213. The summed E-state index contributed by atoms with van der Waals surface area (Å²) in [6, 6.07) is 0.848. The van der Waals surface area contributed by atoms with Gasteiger partial charge in [0.1, 0.15) is 0 Å². The van der Waals surface area contributed by atoms with E-state index < -0.39 is 0 Å². The summed E-state index contributed by atoms with van der Waals surface area (Å²) in [5, 5.41) is 3.52. The normalized spacial score (nSPS) is 39.0. The van der Waals surface area contributed by atoms with E-state index in [0.717, 1.165) is 23.8 Å². The zero-order chi connectivity index (χ0) is 10.3. The van der Waals surface area contributed by atoms with E-state index >= 15 is 0 Å². The molecule has 0 aromatic rings. The monoisotopic (exact) mass is 208 g/mol. The minimum Gasteiger partial charge on any atom is -0.316 e. The smallest absolute Gasteiger partial charge is 0.00698 e. The quantitative estimate of drug-likeness (QED) is 0.759. The summed E-state index contributed by atoms with van der Waals surface area (Å²) >= 11 is 0. The van der Waals surface area contributed by atoms with Crippen molar-refractivity contribution >= 4 is 0 Å². The summed E-state index contributed by atoms with van der Waals surface area (Å²) in [5.74, 6) is 3.00. The third-order valence-electron chi connectivity index (χ3n) is 4.94. The van der Waals surface area contributed by atoms with Gasteiger partial charge in [-0.3, -0.25) is 4.90 Å². The third-order valence-corrected chi connectivity index (χ3v) is 4.94. The van der Waals surface area contributed by atoms with Crippen LogP contribution >= 0.6 is 0 Å². The van der Waals surface area contributed by atoms with Crippen LogP contribution in [0.4, 0.5) is 0 Å². The van der Waals surface area contributed by atoms with Crippen LogP contribution in [0.1, 0.15) is 32.6 Å². The first-order chi connectivity index (χ1) is 7.33. The Kier molecular flexibility index (Phi) is 2.73. The van der Waals surface area contributed by atoms with E-state index in [9.17, 15) is 0 Å². The van der Waals surface area contributed by atoms with Gasteiger partial charge in [0.05, 0.1) is 0 Å². The highest BCUT2D eigenvalue weighted by Crippen LogP contribution is 2.34. The maximum absolute atomic E-state index is 3.52. The first-order valence-corrected chi connectivity index (χ1v) is 6.77. The minimum absolute atomic E-state index is 0.848. The number of nitrogens with one attached hydrogen (secondary N) is 1. The molecule has 86 valence electrons. The number of nitrogens with zero attached hydrogens (tertiary/aromatic N) is 1. The van der Waals surface area contributed by atoms with Crippen molar-refractivity contribution in [2.24, 2.45) is 17.8 Å². The Labute approximate surface area is 93.4 Å². The van der Waals surface area contributed by atoms with Gasteiger partial charge < -0.3 is 5.32 Å². The van der Waals surface area contributed by atoms with E-state index in [1.165, 1.54) is 51.9 Å². The predicted octanol–water partition coefficient (Wildman–Crippen LogP) is 1.72. The van der Waals surface area contributed by atoms with Crippen molar-refractivity contribution in [3.63, 3.8) is 0 Å². The van der Waals surface area contributed by atoms with Crippen molar-refractivity contribution in [2.45, 2.75) is 38.6 Å². The Morgan fingerprint density at radius 1 is 1.20 bits per heavy atom. The lowest BCUT2D eigenvalue weighted by Gasteiger charge is -2.33. The van der Waals surface area contributed by atoms with Crippen molar-refractivity contribution in [1.29, 1.82) is 0 Å². The summed E-state index contributed by atoms with van der Waals surface area (Å²) in [7, 11) is 0. The molecule has 0 aromatic heterocycles. The number of likely N-dealkylation sites (tertiary alicyclic amines) is 1. The molecule has 1 aliphatic carbocycles. The van der Waals surface area contributed by atoms with E-state index in [1.54, 1.807) is 0 Å². The molecule has 15 heavy (non-hydrogen) atoms. The van der Waals surface area contributed by atoms with Gasteiger partial charge in [-0.05, 0) is 44.2 Å². The number of hydrogen-bond acceptors (Lipinski definition) is 2. The fourth-order valence-corrected chi connectivity index (χ4v) is 3.61. The molecule has 2 heteroatoms. The van der Waals surface area contributed by atoms with E-state index in [0.29, 0.717) is 0 Å². The van der Waals surface area contributed by atoms with Gasteiger partial charge in [-0.1, -0.05) is 19.3 Å². The second-order valence-corrected chi connectivity index (χ2v) is 6.01. The van der Waals surface area contributed by atoms with Gasteiger partial charge >= 0.3 is 0 Å². The zero-order valence-electron chi connectivity index (χ0n) is 9.91. The van der Waals surface area contributed by atoms with Gasteiger partial charge in [-0.2, -0.15) is 0 Å². The lowest BCUT2D eigenvalue weighted by atomic mass is 9.81. The molecule has 1 N–H and O–H groups in total. The summed E-state index contributed by atoms with van der Waals surface area (Å²) < 4.78 is 0. The molecule has 3 fully saturated rings. The van der Waals surface area contributed by atoms with E-state index in [4.69, 9.17) is 0 Å². The highest BCUT2D eigenvalue weighted by molar-refractivity contribution is 4.93. The molecule has 2 nitrogen and oxygen atoms in total. The Balaban J connectivity index is 1.50. The second kappa shape index (κ2) is 4.06. The van der Waals surface area contributed by atoms with Gasteiger partial charge in [0.15, 0.2) is 0 Å². The maximum atomic E-state index is 3.52. The SMILES string of the molecule is CC(CC1CCC1)N1CC2CNCC2C1. The maximum Gasteiger partial charge on any atom is 0.00698 e. The van der Waals surface area contributed by atoms with Crippen LogP contribution in [0, 0.1) is 17.8 Å². The van der Waals surface area contributed by atoms with Gasteiger partial charge in [0, 0.05) is 19.1 Å². The molecule has 0 spiro atoms. The van der Waals surface area contributed by atoms with Crippen LogP contribution in [0.15, 0.2) is 0 Å². The molecule has 2 heterocycles. The average molecular weight is 208 g/mol. The van der Waals surface area contributed by atoms with Crippen molar-refractivity contribution in [1.82, 2.24) is 10.2 Å². The molecular weight excluding hydrogens is 184 g/mol. The molecule has 3 aliphatic rings. The molecule has 2 aliphatic heterocycles. The second-order valence-electron chi connectivity index (χ2n) is 6.01. The zero-order valence-corrected chi connectivity index (χ0v) is 9.91. The van der Waals surface area contributed by atoms with E-state index in [1.807, 2.05) is 0 Å². The molecule has 0 radical (unpaired) electrons. The minimum atomic E-state index is 0.848. The van der Waals surface area contributed by atoms with Crippen molar-refractivity contribution in [3.05, 3.63) is 0 Å². The van der Waals surface area contributed by atoms with Crippen molar-refractivity contribution in [2.75, 3.05) is 26.2 Å². The van der Waals surface area contributed by atoms with Gasteiger partial charge in [0.2, 0.25) is 0 Å². The highest BCUT2D eigenvalue weighted by Gasteiger charge is 2.38. The Morgan fingerprint density at radius 2 is 1.87 bits per heavy atom. The standard InChI is InChI=1S/C13H24N2/c1-10(5-11-3-2-4-11)15-8-12-6-14-7-13(12)9-15/h10-14H,2-9H2,1H3. The first kappa shape index (κ1) is 10.1. The summed E-state index contributed by atoms with van der Waals surface area (Å²) in [4.78, 5) is 2.76. The van der Waals surface area contributed by atoms with Crippen LogP contribution in [0.3, 0.4) is 0 Å². The molecule has 3 atom stereocenters. The Hall–Kier alpha value is -0.0800. The molecule has 0 amide bonds. The van der Waals surface area contributed by atoms with E-state index in [-0.39, 0.29) is 0 Å². The molecule has 2 saturated heterocycles. The van der Waals surface area contributed by atoms with Gasteiger partial charge in [0.25, 0.3) is 0 Å². The number of rotatable bonds is 3. The first-order valence-electron chi connectivity index (χ1n) is 6.77. The summed E-state index contributed by atoms with van der Waals surface area (Å²) in [5.41, 5.74) is 0. The van der Waals surface area contributed by atoms with Crippen molar-refractivity contribution in [3.8, 4) is 0 Å². The lowest BCUT2D eigenvalue weighted by Crippen LogP contribution is -2.36. The molecule has 3 unspecified atom stereocenters. The molecule has 1 saturated carbocycles. The van der Waals surface area contributed by atoms with Crippen LogP contribution in [0.25, 0.3) is 0 Å². The summed E-state index contributed by atoms with van der Waals surface area (Å²) in [6.07, 6.45) is 5.97. The predicted molar refractivity (Wildman–Crippen MR) is 62.8 cm³/mol.